The van der Waals surface area contributed by atoms with Gasteiger partial charge in [0.05, 0.1) is 25.8 Å². The number of aromatic nitrogens is 3. The fourth-order valence-corrected chi connectivity index (χ4v) is 8.49. The Morgan fingerprint density at radius 1 is 1.15 bits per heavy atom. The van der Waals surface area contributed by atoms with Gasteiger partial charge in [0.2, 0.25) is 0 Å². The number of carbonyl (C=O) groups is 1. The molecular weight excluding hydrogens is 648 g/mol. The highest BCUT2D eigenvalue weighted by Gasteiger charge is 2.44. The number of pyridine rings is 2. The molecule has 1 N–H and O–H groups in total. The molecule has 1 aromatic carbocycles. The zero-order valence-corrected chi connectivity index (χ0v) is 27.0. The van der Waals surface area contributed by atoms with E-state index < -0.39 is 22.2 Å². The van der Waals surface area contributed by atoms with Crippen molar-refractivity contribution in [3.63, 3.8) is 0 Å². The summed E-state index contributed by atoms with van der Waals surface area (Å²) in [7, 11) is -2.84. The molecule has 13 heteroatoms. The minimum atomic E-state index is -3.10. The molecule has 2 saturated carbocycles. The normalized spacial score (nSPS) is 20.2. The van der Waals surface area contributed by atoms with E-state index >= 15 is 0 Å². The fourth-order valence-electron chi connectivity index (χ4n) is 6.80. The van der Waals surface area contributed by atoms with Crippen LogP contribution in [0.5, 0.6) is 5.75 Å². The monoisotopic (exact) mass is 679 g/mol. The van der Waals surface area contributed by atoms with E-state index in [0.717, 1.165) is 75.0 Å². The summed E-state index contributed by atoms with van der Waals surface area (Å²) in [6, 6.07) is 10.1. The third kappa shape index (κ3) is 5.75. The summed E-state index contributed by atoms with van der Waals surface area (Å²) in [6.45, 7) is -1.56. The molecule has 1 spiro atoms. The van der Waals surface area contributed by atoms with Crippen LogP contribution in [0.25, 0.3) is 27.9 Å². The summed E-state index contributed by atoms with van der Waals surface area (Å²) in [5, 5.41) is 5.14. The molecule has 1 saturated heterocycles. The molecule has 4 aliphatic rings. The van der Waals surface area contributed by atoms with Crippen molar-refractivity contribution in [2.75, 3.05) is 18.0 Å². The lowest BCUT2D eigenvalue weighted by Gasteiger charge is -2.47. The number of allylic oxidation sites excluding steroid dienone is 2. The molecule has 3 aromatic heterocycles. The molecule has 1 amide bonds. The number of nitrogens with zero attached hydrogens (tertiary/aromatic N) is 4. The van der Waals surface area contributed by atoms with Crippen LogP contribution in [0, 0.1) is 5.41 Å². The van der Waals surface area contributed by atoms with Crippen molar-refractivity contribution in [1.82, 2.24) is 19.8 Å². The summed E-state index contributed by atoms with van der Waals surface area (Å²) in [5.74, 6) is 4.07. The zero-order chi connectivity index (χ0) is 32.5. The van der Waals surface area contributed by atoms with Gasteiger partial charge in [-0.2, -0.15) is 8.78 Å². The van der Waals surface area contributed by atoms with E-state index in [1.54, 1.807) is 24.4 Å². The quantitative estimate of drug-likeness (QED) is 0.188. The first-order valence-corrected chi connectivity index (χ1v) is 17.9. The first kappa shape index (κ1) is 30.3. The van der Waals surface area contributed by atoms with Gasteiger partial charge in [-0.15, -0.1) is 0 Å². The standard InChI is InChI=1S/C34H32ClF2N5O4S/c1-47(44,22-7-8-22)41-32(43)26-16-27(45-33(36)37)23-15-21(6-9-25(23)39-26)42-13-10-34(11-14-42)17-20(18-34)28-30(29-24(35)3-2-12-38-29)40-46-31(28)19-4-5-19/h2-3,6,9,12,15-17,19,22,33H,1,4-5,7-8,10-11,13-14,18H2,(H,41,43,44). The zero-order valence-electron chi connectivity index (χ0n) is 25.4. The summed E-state index contributed by atoms with van der Waals surface area (Å²) < 4.78 is 52.8. The van der Waals surface area contributed by atoms with Crippen LogP contribution < -0.4 is 14.4 Å². The van der Waals surface area contributed by atoms with Gasteiger partial charge in [-0.05, 0) is 92.1 Å². The molecule has 1 unspecified atom stereocenters. The molecule has 3 aliphatic carbocycles. The molecule has 47 heavy (non-hydrogen) atoms. The molecule has 9 nitrogen and oxygen atoms in total. The smallest absolute Gasteiger partial charge is 0.387 e. The SMILES string of the molecule is C=S(=O)(NC(=O)c1cc(OC(F)F)c2cc(N3CCC4(C=C(c5c(-c6ncccc6Cl)noc5C5CC5)C4)CC3)ccc2n1)C1CC1. The van der Waals surface area contributed by atoms with Gasteiger partial charge in [0.25, 0.3) is 5.91 Å². The Balaban J connectivity index is 1.02. The first-order valence-electron chi connectivity index (χ1n) is 15.7. The summed E-state index contributed by atoms with van der Waals surface area (Å²) >= 11 is 6.50. The Morgan fingerprint density at radius 2 is 1.91 bits per heavy atom. The van der Waals surface area contributed by atoms with E-state index in [4.69, 9.17) is 20.9 Å². The van der Waals surface area contributed by atoms with Crippen LogP contribution in [-0.2, 0) is 9.71 Å². The predicted molar refractivity (Wildman–Crippen MR) is 177 cm³/mol. The number of anilines is 1. The van der Waals surface area contributed by atoms with E-state index in [0.29, 0.717) is 33.2 Å². The van der Waals surface area contributed by atoms with Crippen LogP contribution >= 0.6 is 11.6 Å². The number of benzene rings is 1. The highest BCUT2D eigenvalue weighted by atomic mass is 35.5. The predicted octanol–water partition coefficient (Wildman–Crippen LogP) is 7.01. The minimum Gasteiger partial charge on any atom is -0.434 e. The molecule has 0 bridgehead atoms. The van der Waals surface area contributed by atoms with Gasteiger partial charge in [-0.3, -0.25) is 14.5 Å². The number of rotatable bonds is 9. The van der Waals surface area contributed by atoms with E-state index in [-0.39, 0.29) is 22.1 Å². The van der Waals surface area contributed by atoms with Crippen molar-refractivity contribution < 1.29 is 27.0 Å². The van der Waals surface area contributed by atoms with Crippen LogP contribution in [0.2, 0.25) is 5.02 Å². The Kier molecular flexibility index (Phi) is 7.29. The maximum atomic E-state index is 13.5. The average Bonchev–Trinajstić information content (AvgIpc) is 3.97. The van der Waals surface area contributed by atoms with Gasteiger partial charge in [0, 0.05) is 47.6 Å². The van der Waals surface area contributed by atoms with Crippen LogP contribution in [0.3, 0.4) is 0 Å². The highest BCUT2D eigenvalue weighted by molar-refractivity contribution is 7.99. The first-order chi connectivity index (χ1) is 22.6. The fraction of sp³-hybridized carbons (Fsp3) is 0.382. The number of halogens is 3. The van der Waals surface area contributed by atoms with Crippen molar-refractivity contribution in [2.24, 2.45) is 5.41 Å². The van der Waals surface area contributed by atoms with Crippen LogP contribution in [0.1, 0.15) is 72.7 Å². The van der Waals surface area contributed by atoms with Crippen LogP contribution in [0.4, 0.5) is 14.5 Å². The Bertz CT molecular complexity index is 2050. The van der Waals surface area contributed by atoms with Gasteiger partial charge in [-0.25, -0.2) is 9.19 Å². The van der Waals surface area contributed by atoms with Crippen molar-refractivity contribution in [3.05, 3.63) is 70.7 Å². The Labute approximate surface area is 275 Å². The van der Waals surface area contributed by atoms with Crippen molar-refractivity contribution >= 4 is 55.2 Å². The number of nitrogens with one attached hydrogen (secondary N) is 1. The summed E-state index contributed by atoms with van der Waals surface area (Å²) in [5.41, 5.74) is 4.65. The van der Waals surface area contributed by atoms with Crippen LogP contribution in [0.15, 0.2) is 53.2 Å². The highest BCUT2D eigenvalue weighted by Crippen LogP contribution is 2.56. The second kappa shape index (κ2) is 11.3. The number of alkyl halides is 2. The lowest BCUT2D eigenvalue weighted by molar-refractivity contribution is -0.0488. The van der Waals surface area contributed by atoms with Gasteiger partial charge < -0.3 is 14.2 Å². The lowest BCUT2D eigenvalue weighted by atomic mass is 9.63. The second-order valence-electron chi connectivity index (χ2n) is 13.0. The molecule has 1 atom stereocenters. The van der Waals surface area contributed by atoms with E-state index in [2.05, 4.69) is 36.7 Å². The molecule has 3 fully saturated rings. The second-order valence-corrected chi connectivity index (χ2v) is 15.7. The largest absolute Gasteiger partial charge is 0.434 e. The van der Waals surface area contributed by atoms with Crippen LogP contribution in [-0.4, -0.2) is 56.1 Å². The third-order valence-electron chi connectivity index (χ3n) is 9.65. The minimum absolute atomic E-state index is 0.0487. The van der Waals surface area contributed by atoms with Crippen molar-refractivity contribution in [3.8, 4) is 17.1 Å². The molecule has 4 aromatic rings. The number of piperidine rings is 1. The van der Waals surface area contributed by atoms with E-state index in [9.17, 15) is 17.8 Å². The van der Waals surface area contributed by atoms with E-state index in [1.807, 2.05) is 12.1 Å². The topological polar surface area (TPSA) is 110 Å². The molecule has 4 heterocycles. The van der Waals surface area contributed by atoms with E-state index in [1.165, 1.54) is 11.6 Å². The molecule has 1 aliphatic heterocycles. The summed E-state index contributed by atoms with van der Waals surface area (Å²) in [4.78, 5) is 24.0. The number of ether oxygens (including phenoxy) is 1. The van der Waals surface area contributed by atoms with Gasteiger partial charge in [0.1, 0.15) is 28.6 Å². The van der Waals surface area contributed by atoms with Gasteiger partial charge in [0.15, 0.2) is 0 Å². The molecule has 8 rings (SSSR count). The number of carbonyl (C=O) groups excluding carboxylic acids is 1. The maximum absolute atomic E-state index is 13.5. The number of hydrogen-bond acceptors (Lipinski definition) is 8. The van der Waals surface area contributed by atoms with Crippen molar-refractivity contribution in [2.45, 2.75) is 62.7 Å². The number of fused-ring (bicyclic) bond motifs is 1. The molecule has 0 radical (unpaired) electrons. The third-order valence-corrected chi connectivity index (χ3v) is 12.0. The number of hydrogen-bond donors (Lipinski definition) is 1. The van der Waals surface area contributed by atoms with Crippen molar-refractivity contribution in [1.29, 1.82) is 0 Å². The Hall–Kier alpha value is -4.03. The molecule has 244 valence electrons. The molecular formula is C34H32ClF2N5O4S. The van der Waals surface area contributed by atoms with Gasteiger partial charge in [-0.1, -0.05) is 22.8 Å². The lowest BCUT2D eigenvalue weighted by Crippen LogP contribution is -2.42. The Morgan fingerprint density at radius 3 is 2.60 bits per heavy atom. The van der Waals surface area contributed by atoms with Gasteiger partial charge >= 0.3 is 6.61 Å². The summed E-state index contributed by atoms with van der Waals surface area (Å²) in [6.07, 6.45) is 10.4. The number of amides is 1. The average molecular weight is 680 g/mol. The maximum Gasteiger partial charge on any atom is 0.387 e.